The number of rotatable bonds is 5. The third-order valence-corrected chi connectivity index (χ3v) is 8.09. The fourth-order valence-corrected chi connectivity index (χ4v) is 5.88. The summed E-state index contributed by atoms with van der Waals surface area (Å²) in [7, 11) is 0. The highest BCUT2D eigenvalue weighted by atomic mass is 32.1. The molecule has 0 saturated carbocycles. The molecule has 0 bridgehead atoms. The highest BCUT2D eigenvalue weighted by Crippen LogP contribution is 2.31. The number of anilines is 1. The number of carbonyl (C=O) groups is 2. The van der Waals surface area contributed by atoms with Gasteiger partial charge in [-0.15, -0.1) is 11.3 Å². The van der Waals surface area contributed by atoms with Crippen LogP contribution in [0.5, 0.6) is 0 Å². The van der Waals surface area contributed by atoms with E-state index in [1.165, 1.54) is 9.78 Å². The summed E-state index contributed by atoms with van der Waals surface area (Å²) in [4.78, 5) is 44.2. The number of fused-ring (bicyclic) bond motifs is 1. The molecule has 9 nitrogen and oxygen atoms in total. The lowest BCUT2D eigenvalue weighted by Crippen LogP contribution is -2.55. The SMILES string of the molecule is CCc1cc2c(N3CCN(C(=O)C(c4ccccc4)N4CCN(C(=O)O)CC4)CC3)ncnc2s1. The van der Waals surface area contributed by atoms with Gasteiger partial charge in [0, 0.05) is 57.2 Å². The van der Waals surface area contributed by atoms with Crippen molar-refractivity contribution in [3.63, 3.8) is 0 Å². The normalized spacial score (nSPS) is 18.1. The predicted octanol–water partition coefficient (Wildman–Crippen LogP) is 2.94. The van der Waals surface area contributed by atoms with Crippen LogP contribution in [0, 0.1) is 0 Å². The second-order valence-electron chi connectivity index (χ2n) is 8.91. The van der Waals surface area contributed by atoms with Crippen LogP contribution in [-0.4, -0.2) is 94.1 Å². The maximum absolute atomic E-state index is 13.8. The topological polar surface area (TPSA) is 93.1 Å². The smallest absolute Gasteiger partial charge is 0.407 e. The number of piperazine rings is 2. The van der Waals surface area contributed by atoms with Gasteiger partial charge in [0.05, 0.1) is 5.39 Å². The Morgan fingerprint density at radius 2 is 1.66 bits per heavy atom. The van der Waals surface area contributed by atoms with Gasteiger partial charge in [0.25, 0.3) is 0 Å². The van der Waals surface area contributed by atoms with Crippen LogP contribution in [0.4, 0.5) is 10.6 Å². The van der Waals surface area contributed by atoms with E-state index >= 15 is 0 Å². The van der Waals surface area contributed by atoms with Crippen LogP contribution in [0.15, 0.2) is 42.7 Å². The minimum atomic E-state index is -0.904. The Balaban J connectivity index is 1.31. The van der Waals surface area contributed by atoms with Crippen LogP contribution >= 0.6 is 11.3 Å². The molecule has 0 radical (unpaired) electrons. The van der Waals surface area contributed by atoms with Crippen molar-refractivity contribution in [3.8, 4) is 0 Å². The first-order valence-corrected chi connectivity index (χ1v) is 12.9. The highest BCUT2D eigenvalue weighted by Gasteiger charge is 2.35. The predicted molar refractivity (Wildman–Crippen MR) is 136 cm³/mol. The van der Waals surface area contributed by atoms with Gasteiger partial charge in [-0.1, -0.05) is 37.3 Å². The third-order valence-electron chi connectivity index (χ3n) is 6.90. The molecule has 2 aliphatic heterocycles. The Bertz CT molecular complexity index is 1190. The van der Waals surface area contributed by atoms with E-state index < -0.39 is 12.1 Å². The van der Waals surface area contributed by atoms with Crippen molar-refractivity contribution in [3.05, 3.63) is 53.2 Å². The number of nitrogens with zero attached hydrogens (tertiary/aromatic N) is 6. The molecular formula is C25H30N6O3S. The van der Waals surface area contributed by atoms with E-state index in [1.807, 2.05) is 35.2 Å². The van der Waals surface area contributed by atoms with Crippen molar-refractivity contribution in [2.45, 2.75) is 19.4 Å². The van der Waals surface area contributed by atoms with Crippen molar-refractivity contribution in [1.29, 1.82) is 0 Å². The molecule has 1 unspecified atom stereocenters. The molecule has 35 heavy (non-hydrogen) atoms. The van der Waals surface area contributed by atoms with Gasteiger partial charge in [-0.25, -0.2) is 14.8 Å². The summed E-state index contributed by atoms with van der Waals surface area (Å²) in [6.07, 6.45) is 1.70. The van der Waals surface area contributed by atoms with Crippen molar-refractivity contribution in [2.75, 3.05) is 57.3 Å². The average molecular weight is 495 g/mol. The minimum Gasteiger partial charge on any atom is -0.465 e. The Kier molecular flexibility index (Phi) is 6.83. The lowest BCUT2D eigenvalue weighted by molar-refractivity contribution is -0.138. The molecule has 2 amide bonds. The zero-order chi connectivity index (χ0) is 24.4. The van der Waals surface area contributed by atoms with Crippen molar-refractivity contribution >= 4 is 39.4 Å². The highest BCUT2D eigenvalue weighted by molar-refractivity contribution is 7.18. The Morgan fingerprint density at radius 3 is 2.31 bits per heavy atom. The van der Waals surface area contributed by atoms with Gasteiger partial charge >= 0.3 is 6.09 Å². The van der Waals surface area contributed by atoms with Gasteiger partial charge in [0.15, 0.2) is 0 Å². The molecule has 5 rings (SSSR count). The van der Waals surface area contributed by atoms with Gasteiger partial charge in [-0.05, 0) is 18.1 Å². The van der Waals surface area contributed by atoms with Gasteiger partial charge in [0.1, 0.15) is 23.0 Å². The number of benzene rings is 1. The molecule has 1 atom stereocenters. The zero-order valence-electron chi connectivity index (χ0n) is 19.8. The number of carboxylic acid groups (broad SMARTS) is 1. The number of hydrogen-bond acceptors (Lipinski definition) is 7. The van der Waals surface area contributed by atoms with E-state index in [-0.39, 0.29) is 5.91 Å². The average Bonchev–Trinajstić information content (AvgIpc) is 3.34. The standard InChI is InChI=1S/C25H30N6O3S/c1-2-19-16-20-22(26-17-27-23(20)35-19)29-10-12-30(13-11-29)24(32)21(18-6-4-3-5-7-18)28-8-14-31(15-9-28)25(33)34/h3-7,16-17,21H,2,8-15H2,1H3,(H,33,34). The van der Waals surface area contributed by atoms with E-state index in [0.29, 0.717) is 52.4 Å². The summed E-state index contributed by atoms with van der Waals surface area (Å²) < 4.78 is 0. The zero-order valence-corrected chi connectivity index (χ0v) is 20.7. The van der Waals surface area contributed by atoms with E-state index in [9.17, 15) is 14.7 Å². The Morgan fingerprint density at radius 1 is 0.971 bits per heavy atom. The van der Waals surface area contributed by atoms with E-state index in [1.54, 1.807) is 17.7 Å². The number of amides is 2. The lowest BCUT2D eigenvalue weighted by atomic mass is 10.0. The minimum absolute atomic E-state index is 0.0799. The van der Waals surface area contributed by atoms with Gasteiger partial charge in [-0.3, -0.25) is 9.69 Å². The number of aromatic nitrogens is 2. The number of hydrogen-bond donors (Lipinski definition) is 1. The fraction of sp³-hybridized carbons (Fsp3) is 0.440. The fourth-order valence-electron chi connectivity index (χ4n) is 4.95. The Hall–Kier alpha value is -3.24. The van der Waals surface area contributed by atoms with Crippen LogP contribution in [0.2, 0.25) is 0 Å². The molecule has 2 aromatic heterocycles. The van der Waals surface area contributed by atoms with E-state index in [2.05, 4.69) is 32.8 Å². The maximum atomic E-state index is 13.8. The second-order valence-corrected chi connectivity index (χ2v) is 10.0. The molecule has 2 aliphatic rings. The molecule has 184 valence electrons. The van der Waals surface area contributed by atoms with E-state index in [0.717, 1.165) is 28.0 Å². The molecule has 10 heteroatoms. The number of aryl methyl sites for hydroxylation is 1. The van der Waals surface area contributed by atoms with Crippen molar-refractivity contribution in [1.82, 2.24) is 24.7 Å². The first-order valence-electron chi connectivity index (χ1n) is 12.1. The molecule has 2 fully saturated rings. The van der Waals surface area contributed by atoms with Crippen LogP contribution in [0.1, 0.15) is 23.4 Å². The molecule has 4 heterocycles. The number of thiophene rings is 1. The van der Waals surface area contributed by atoms with Crippen molar-refractivity contribution in [2.24, 2.45) is 0 Å². The molecule has 0 aliphatic carbocycles. The van der Waals surface area contributed by atoms with Crippen LogP contribution in [-0.2, 0) is 11.2 Å². The molecule has 2 saturated heterocycles. The molecule has 1 aromatic carbocycles. The first kappa shape index (κ1) is 23.5. The summed E-state index contributed by atoms with van der Waals surface area (Å²) in [6, 6.07) is 11.6. The van der Waals surface area contributed by atoms with Crippen LogP contribution < -0.4 is 4.90 Å². The third kappa shape index (κ3) is 4.81. The summed E-state index contributed by atoms with van der Waals surface area (Å²) in [5.41, 5.74) is 0.951. The van der Waals surface area contributed by atoms with Gasteiger partial charge in [0.2, 0.25) is 5.91 Å². The summed E-state index contributed by atoms with van der Waals surface area (Å²) in [5, 5.41) is 10.4. The Labute approximate surface area is 208 Å². The first-order chi connectivity index (χ1) is 17.0. The monoisotopic (exact) mass is 494 g/mol. The van der Waals surface area contributed by atoms with Crippen LogP contribution in [0.25, 0.3) is 10.2 Å². The largest absolute Gasteiger partial charge is 0.465 e. The van der Waals surface area contributed by atoms with Gasteiger partial charge < -0.3 is 19.8 Å². The van der Waals surface area contributed by atoms with Crippen molar-refractivity contribution < 1.29 is 14.7 Å². The second kappa shape index (κ2) is 10.2. The van der Waals surface area contributed by atoms with Gasteiger partial charge in [-0.2, -0.15) is 0 Å². The molecule has 0 spiro atoms. The molecule has 1 N–H and O–H groups in total. The summed E-state index contributed by atoms with van der Waals surface area (Å²) >= 11 is 1.71. The lowest BCUT2D eigenvalue weighted by Gasteiger charge is -2.42. The quantitative estimate of drug-likeness (QED) is 0.583. The molecule has 3 aromatic rings. The summed E-state index contributed by atoms with van der Waals surface area (Å²) in [6.45, 7) is 6.69. The summed E-state index contributed by atoms with van der Waals surface area (Å²) in [5.74, 6) is 1.03. The maximum Gasteiger partial charge on any atom is 0.407 e. The van der Waals surface area contributed by atoms with E-state index in [4.69, 9.17) is 0 Å². The number of carbonyl (C=O) groups excluding carboxylic acids is 1. The van der Waals surface area contributed by atoms with Crippen LogP contribution in [0.3, 0.4) is 0 Å². The molecular weight excluding hydrogens is 464 g/mol.